The van der Waals surface area contributed by atoms with Crippen LogP contribution in [-0.4, -0.2) is 35.5 Å². The summed E-state index contributed by atoms with van der Waals surface area (Å²) in [5, 5.41) is 0. The molecule has 0 bridgehead atoms. The number of alkyl halides is 3. The van der Waals surface area contributed by atoms with Crippen LogP contribution in [0.5, 0.6) is 0 Å². The van der Waals surface area contributed by atoms with Gasteiger partial charge in [-0.15, -0.1) is 3.89 Å². The minimum absolute atomic E-state index is 0.233. The Bertz CT molecular complexity index is 445. The van der Waals surface area contributed by atoms with Gasteiger partial charge in [-0.2, -0.15) is 30.1 Å². The van der Waals surface area contributed by atoms with Crippen LogP contribution in [0.15, 0.2) is 3.77 Å². The lowest BCUT2D eigenvalue weighted by Crippen LogP contribution is -2.30. The topological polar surface area (TPSA) is 66.8 Å². The molecule has 0 radical (unpaired) electrons. The Balaban J connectivity index is 5.59. The van der Waals surface area contributed by atoms with Crippen molar-refractivity contribution < 1.29 is 29.7 Å². The summed E-state index contributed by atoms with van der Waals surface area (Å²) in [4.78, 5) is 0. The van der Waals surface area contributed by atoms with Gasteiger partial charge in [-0.05, 0) is 0 Å². The van der Waals surface area contributed by atoms with E-state index >= 15 is 0 Å². The van der Waals surface area contributed by atoms with E-state index in [1.54, 1.807) is 3.77 Å². The van der Waals surface area contributed by atoms with Gasteiger partial charge in [0.05, 0.1) is 0 Å². The van der Waals surface area contributed by atoms with Crippen molar-refractivity contribution in [3.8, 4) is 0 Å². The molecule has 0 heterocycles. The van der Waals surface area contributed by atoms with Crippen LogP contribution in [0.4, 0.5) is 17.1 Å². The maximum Gasteiger partial charge on any atom is 0.519 e. The molecular weight excluding hydrogens is 276 g/mol. The third-order valence-corrected chi connectivity index (χ3v) is 4.77. The second-order valence-corrected chi connectivity index (χ2v) is 5.93. The monoisotopic (exact) mass is 286 g/mol. The zero-order valence-electron chi connectivity index (χ0n) is 8.36. The number of sulfonamides is 1. The fourth-order valence-electron chi connectivity index (χ4n) is 0.753. The van der Waals surface area contributed by atoms with Crippen LogP contribution in [-0.2, 0) is 20.3 Å². The third-order valence-electron chi connectivity index (χ3n) is 1.51. The predicted molar refractivity (Wildman–Crippen MR) is 49.6 cm³/mol. The molecule has 98 valence electrons. The molecule has 0 aromatic carbocycles. The molecule has 0 spiro atoms. The van der Waals surface area contributed by atoms with Crippen molar-refractivity contribution in [3.05, 3.63) is 0 Å². The second kappa shape index (κ2) is 4.84. The normalized spacial score (nSPS) is 17.2. The molecule has 0 rings (SSSR count). The lowest BCUT2D eigenvalue weighted by atomic mass is 10.7. The SMILES string of the molecule is CCN(CC)S(=O)(F)=NS(=O)(=O)C(F)(F)F. The number of hydrogen-bond donors (Lipinski definition) is 0. The Morgan fingerprint density at radius 3 is 1.75 bits per heavy atom. The molecule has 0 aromatic rings. The van der Waals surface area contributed by atoms with Gasteiger partial charge in [0, 0.05) is 13.1 Å². The van der Waals surface area contributed by atoms with Gasteiger partial charge < -0.3 is 0 Å². The van der Waals surface area contributed by atoms with Crippen LogP contribution in [0.3, 0.4) is 0 Å². The molecule has 0 aliphatic rings. The number of nitrogens with zero attached hydrogens (tertiary/aromatic N) is 2. The maximum absolute atomic E-state index is 13.2. The van der Waals surface area contributed by atoms with Gasteiger partial charge in [0.1, 0.15) is 0 Å². The summed E-state index contributed by atoms with van der Waals surface area (Å²) in [7, 11) is -11.2. The average molecular weight is 286 g/mol. The van der Waals surface area contributed by atoms with E-state index in [1.807, 2.05) is 0 Å². The van der Waals surface area contributed by atoms with Gasteiger partial charge in [-0.1, -0.05) is 17.6 Å². The molecule has 0 fully saturated rings. The summed E-state index contributed by atoms with van der Waals surface area (Å²) in [6.45, 7) is 2.14. The minimum atomic E-state index is -6.09. The van der Waals surface area contributed by atoms with Crippen molar-refractivity contribution in [3.63, 3.8) is 0 Å². The maximum atomic E-state index is 13.2. The molecule has 1 unspecified atom stereocenters. The molecule has 0 aliphatic carbocycles. The van der Waals surface area contributed by atoms with Crippen LogP contribution in [0.1, 0.15) is 13.8 Å². The summed E-state index contributed by atoms with van der Waals surface area (Å²) in [6, 6.07) is 0. The largest absolute Gasteiger partial charge is 0.519 e. The van der Waals surface area contributed by atoms with Gasteiger partial charge in [0.2, 0.25) is 0 Å². The highest BCUT2D eigenvalue weighted by molar-refractivity contribution is 8.00. The molecule has 0 aliphatic heterocycles. The van der Waals surface area contributed by atoms with E-state index < -0.39 is 25.8 Å². The zero-order chi connectivity index (χ0) is 13.2. The first-order valence-corrected chi connectivity index (χ1v) is 6.83. The van der Waals surface area contributed by atoms with Crippen LogP contribution >= 0.6 is 0 Å². The highest BCUT2D eigenvalue weighted by Crippen LogP contribution is 2.26. The molecular formula is C5H10F4N2O3S2. The summed E-state index contributed by atoms with van der Waals surface area (Å²) in [5.41, 5.74) is -5.76. The average Bonchev–Trinajstić information content (AvgIpc) is 2.00. The first-order valence-electron chi connectivity index (χ1n) is 4.02. The molecule has 16 heavy (non-hydrogen) atoms. The van der Waals surface area contributed by atoms with Crippen molar-refractivity contribution >= 4 is 20.3 Å². The van der Waals surface area contributed by atoms with E-state index in [1.165, 1.54) is 13.8 Å². The van der Waals surface area contributed by atoms with Crippen LogP contribution in [0, 0.1) is 0 Å². The molecule has 11 heteroatoms. The summed E-state index contributed by atoms with van der Waals surface area (Å²) < 4.78 is 82.8. The van der Waals surface area contributed by atoms with Crippen molar-refractivity contribution in [2.75, 3.05) is 13.1 Å². The van der Waals surface area contributed by atoms with Crippen molar-refractivity contribution in [1.29, 1.82) is 0 Å². The van der Waals surface area contributed by atoms with E-state index in [-0.39, 0.29) is 13.1 Å². The second-order valence-electron chi connectivity index (χ2n) is 2.54. The fourth-order valence-corrected chi connectivity index (χ4v) is 3.07. The molecule has 0 saturated carbocycles. The lowest BCUT2D eigenvalue weighted by Gasteiger charge is -2.15. The Kier molecular flexibility index (Phi) is 4.71. The van der Waals surface area contributed by atoms with Gasteiger partial charge in [0.25, 0.3) is 10.3 Å². The van der Waals surface area contributed by atoms with Gasteiger partial charge in [-0.3, -0.25) is 0 Å². The molecule has 5 nitrogen and oxygen atoms in total. The predicted octanol–water partition coefficient (Wildman–Crippen LogP) is 1.45. The zero-order valence-corrected chi connectivity index (χ0v) is 9.99. The first-order chi connectivity index (χ1) is 6.98. The molecule has 0 aromatic heterocycles. The first kappa shape index (κ1) is 15.6. The molecule has 1 atom stereocenters. The van der Waals surface area contributed by atoms with Crippen LogP contribution in [0.2, 0.25) is 0 Å². The number of rotatable bonds is 4. The van der Waals surface area contributed by atoms with E-state index in [9.17, 15) is 29.7 Å². The minimum Gasteiger partial charge on any atom is -0.198 e. The number of hydrogen-bond acceptors (Lipinski definition) is 3. The molecule has 0 saturated heterocycles. The molecule has 0 amide bonds. The Labute approximate surface area is 91.1 Å². The number of halogens is 4. The van der Waals surface area contributed by atoms with E-state index in [2.05, 4.69) is 0 Å². The standard InChI is InChI=1S/C5H10F4N2O3S2/c1-3-11(4-2)16(9,14)10-15(12,13)5(6,7)8/h3-4H2,1-2H3. The highest BCUT2D eigenvalue weighted by Gasteiger charge is 2.47. The summed E-state index contributed by atoms with van der Waals surface area (Å²) in [6.07, 6.45) is 0. The fraction of sp³-hybridized carbons (Fsp3) is 1.00. The van der Waals surface area contributed by atoms with Crippen molar-refractivity contribution in [2.45, 2.75) is 19.4 Å². The summed E-state index contributed by atoms with van der Waals surface area (Å²) >= 11 is 0. The molecule has 0 N–H and O–H groups in total. The van der Waals surface area contributed by atoms with E-state index in [0.29, 0.717) is 4.31 Å². The highest BCUT2D eigenvalue weighted by atomic mass is 32.3. The summed E-state index contributed by atoms with van der Waals surface area (Å²) in [5.74, 6) is 0. The Morgan fingerprint density at radius 1 is 1.12 bits per heavy atom. The van der Waals surface area contributed by atoms with E-state index in [4.69, 9.17) is 0 Å². The van der Waals surface area contributed by atoms with Crippen molar-refractivity contribution in [2.24, 2.45) is 3.77 Å². The van der Waals surface area contributed by atoms with Crippen LogP contribution in [0.25, 0.3) is 0 Å². The Hall–Kier alpha value is -0.420. The van der Waals surface area contributed by atoms with Gasteiger partial charge in [0.15, 0.2) is 0 Å². The van der Waals surface area contributed by atoms with E-state index in [0.717, 1.165) is 0 Å². The smallest absolute Gasteiger partial charge is 0.198 e. The Morgan fingerprint density at radius 2 is 1.50 bits per heavy atom. The third kappa shape index (κ3) is 3.56. The van der Waals surface area contributed by atoms with Crippen LogP contribution < -0.4 is 0 Å². The van der Waals surface area contributed by atoms with Gasteiger partial charge >= 0.3 is 15.5 Å². The van der Waals surface area contributed by atoms with Gasteiger partial charge in [-0.25, -0.2) is 0 Å². The lowest BCUT2D eigenvalue weighted by molar-refractivity contribution is -0.0435. The quantitative estimate of drug-likeness (QED) is 0.580. The van der Waals surface area contributed by atoms with Crippen molar-refractivity contribution in [1.82, 2.24) is 4.31 Å².